The highest BCUT2D eigenvalue weighted by molar-refractivity contribution is 7.48. The lowest BCUT2D eigenvalue weighted by atomic mass is 10.1. The summed E-state index contributed by atoms with van der Waals surface area (Å²) in [5, 5.41) is 0.0686. The van der Waals surface area contributed by atoms with Crippen LogP contribution in [0.3, 0.4) is 0 Å². The molecule has 0 aromatic carbocycles. The van der Waals surface area contributed by atoms with Crippen LogP contribution in [-0.4, -0.2) is 84.1 Å². The topological polar surface area (TPSA) is 92.8 Å². The molecule has 0 N–H and O–H groups in total. The van der Waals surface area contributed by atoms with E-state index in [4.69, 9.17) is 27.5 Å². The average molecular weight is 510 g/mol. The summed E-state index contributed by atoms with van der Waals surface area (Å²) < 4.78 is 48.8. The van der Waals surface area contributed by atoms with Gasteiger partial charge in [-0.3, -0.25) is 18.4 Å². The largest absolute Gasteiger partial charge is 0.475 e. The molecule has 2 heterocycles. The molecule has 0 radical (unpaired) electrons. The van der Waals surface area contributed by atoms with Crippen LogP contribution in [-0.2, 0) is 36.8 Å². The maximum absolute atomic E-state index is 13.6. The minimum absolute atomic E-state index is 0.0303. The quantitative estimate of drug-likeness (QED) is 0.283. The minimum atomic E-state index is -3.94. The molecule has 33 heavy (non-hydrogen) atoms. The molecular weight excluding hydrogens is 465 g/mol. The third kappa shape index (κ3) is 8.39. The van der Waals surface area contributed by atoms with Crippen molar-refractivity contribution in [1.82, 2.24) is 4.90 Å². The molecule has 0 saturated carbocycles. The number of ether oxygens (including phenoxy) is 2. The molecule has 0 bridgehead atoms. The second kappa shape index (κ2) is 12.1. The van der Waals surface area contributed by atoms with Gasteiger partial charge in [-0.1, -0.05) is 27.7 Å². The number of phosphoric ester groups is 1. The molecule has 0 aromatic rings. The molecular formula is C22H44NO8PSi. The number of rotatable bonds is 12. The van der Waals surface area contributed by atoms with E-state index >= 15 is 0 Å². The zero-order valence-electron chi connectivity index (χ0n) is 21.6. The Labute approximate surface area is 200 Å². The fraction of sp³-hybridized carbons (Fsp3) is 0.955. The fourth-order valence-corrected chi connectivity index (χ4v) is 6.29. The molecule has 0 aromatic heterocycles. The first kappa shape index (κ1) is 28.9. The van der Waals surface area contributed by atoms with E-state index in [0.29, 0.717) is 19.6 Å². The third-order valence-electron chi connectivity index (χ3n) is 6.68. The molecule has 0 spiro atoms. The van der Waals surface area contributed by atoms with Crippen molar-refractivity contribution in [3.8, 4) is 0 Å². The summed E-state index contributed by atoms with van der Waals surface area (Å²) in [5.74, 6) is -0.126. The average Bonchev–Trinajstić information content (AvgIpc) is 3.33. The second-order valence-electron chi connectivity index (χ2n) is 10.5. The number of carbonyl (C=O) groups excluding carboxylic acids is 1. The first-order chi connectivity index (χ1) is 15.3. The van der Waals surface area contributed by atoms with Crippen molar-refractivity contribution in [3.63, 3.8) is 0 Å². The Hall–Kier alpha value is -0.323. The van der Waals surface area contributed by atoms with Gasteiger partial charge in [-0.2, -0.15) is 0 Å². The lowest BCUT2D eigenvalue weighted by Crippen LogP contribution is -2.46. The minimum Gasteiger partial charge on any atom is -0.411 e. The van der Waals surface area contributed by atoms with Gasteiger partial charge in [0.1, 0.15) is 6.10 Å². The lowest BCUT2D eigenvalue weighted by Gasteiger charge is -2.39. The van der Waals surface area contributed by atoms with Crippen LogP contribution in [0.25, 0.3) is 0 Å². The summed E-state index contributed by atoms with van der Waals surface area (Å²) in [6, 6.07) is 0. The predicted octanol–water partition coefficient (Wildman–Crippen LogP) is 4.37. The van der Waals surface area contributed by atoms with Gasteiger partial charge < -0.3 is 18.8 Å². The summed E-state index contributed by atoms with van der Waals surface area (Å²) >= 11 is 0. The van der Waals surface area contributed by atoms with Gasteiger partial charge in [0.25, 0.3) is 0 Å². The van der Waals surface area contributed by atoms with Crippen LogP contribution < -0.4 is 0 Å². The van der Waals surface area contributed by atoms with Gasteiger partial charge in [0.15, 0.2) is 8.32 Å². The van der Waals surface area contributed by atoms with Crippen molar-refractivity contribution in [2.45, 2.75) is 95.9 Å². The van der Waals surface area contributed by atoms with Gasteiger partial charge in [0.2, 0.25) is 5.91 Å². The summed E-state index contributed by atoms with van der Waals surface area (Å²) in [4.78, 5) is 13.4. The molecule has 1 amide bonds. The molecule has 0 aliphatic carbocycles. The molecule has 0 unspecified atom stereocenters. The Morgan fingerprint density at radius 3 is 2.24 bits per heavy atom. The second-order valence-corrected chi connectivity index (χ2v) is 16.9. The van der Waals surface area contributed by atoms with Crippen LogP contribution in [0.2, 0.25) is 18.1 Å². The fourth-order valence-electron chi connectivity index (χ4n) is 3.50. The van der Waals surface area contributed by atoms with Gasteiger partial charge in [-0.25, -0.2) is 4.57 Å². The molecule has 5 atom stereocenters. The van der Waals surface area contributed by atoms with Crippen LogP contribution in [0.15, 0.2) is 0 Å². The highest BCUT2D eigenvalue weighted by atomic mass is 31.2. The normalized spacial score (nSPS) is 28.1. The zero-order chi connectivity index (χ0) is 24.9. The zero-order valence-corrected chi connectivity index (χ0v) is 23.5. The first-order valence-electron chi connectivity index (χ1n) is 12.0. The molecule has 194 valence electrons. The van der Waals surface area contributed by atoms with Crippen LogP contribution in [0.5, 0.6) is 0 Å². The highest BCUT2D eigenvalue weighted by Crippen LogP contribution is 2.53. The number of hydrogen-bond donors (Lipinski definition) is 0. The van der Waals surface area contributed by atoms with Crippen molar-refractivity contribution in [1.29, 1.82) is 0 Å². The van der Waals surface area contributed by atoms with Crippen LogP contribution in [0, 0.1) is 0 Å². The third-order valence-corrected chi connectivity index (χ3v) is 12.7. The van der Waals surface area contributed by atoms with Crippen molar-refractivity contribution in [2.24, 2.45) is 0 Å². The van der Waals surface area contributed by atoms with Crippen molar-refractivity contribution in [3.05, 3.63) is 0 Å². The molecule has 2 rings (SSSR count). The lowest BCUT2D eigenvalue weighted by molar-refractivity contribution is -0.129. The van der Waals surface area contributed by atoms with Gasteiger partial charge >= 0.3 is 7.82 Å². The molecule has 2 fully saturated rings. The molecule has 11 heteroatoms. The van der Waals surface area contributed by atoms with Crippen LogP contribution in [0.1, 0.15) is 53.4 Å². The molecule has 9 nitrogen and oxygen atoms in total. The van der Waals surface area contributed by atoms with Crippen LogP contribution in [0.4, 0.5) is 0 Å². The van der Waals surface area contributed by atoms with E-state index in [-0.39, 0.29) is 55.0 Å². The number of nitrogens with zero attached hydrogens (tertiary/aromatic N) is 1. The highest BCUT2D eigenvalue weighted by Gasteiger charge is 2.44. The van der Waals surface area contributed by atoms with E-state index in [1.165, 1.54) is 4.90 Å². The molecule has 2 saturated heterocycles. The molecule has 2 aliphatic rings. The predicted molar refractivity (Wildman–Crippen MR) is 129 cm³/mol. The Morgan fingerprint density at radius 2 is 1.67 bits per heavy atom. The van der Waals surface area contributed by atoms with Gasteiger partial charge in [-0.05, 0) is 31.0 Å². The maximum atomic E-state index is 13.6. The Morgan fingerprint density at radius 1 is 1.06 bits per heavy atom. The Balaban J connectivity index is 2.03. The first-order valence-corrected chi connectivity index (χ1v) is 16.3. The summed E-state index contributed by atoms with van der Waals surface area (Å²) in [6.45, 7) is 14.0. The van der Waals surface area contributed by atoms with Crippen molar-refractivity contribution in [2.75, 3.05) is 40.5 Å². The monoisotopic (exact) mass is 509 g/mol. The van der Waals surface area contributed by atoms with Crippen molar-refractivity contribution >= 4 is 22.0 Å². The van der Waals surface area contributed by atoms with E-state index in [1.807, 2.05) is 6.92 Å². The number of carbonyl (C=O) groups is 1. The SMILES string of the molecule is CC[C@H]1OCC[C@H]1O[P@@](=O)(OCCC(=O)N(C)C)OC[C@H]1OCC[C@H]1O[Si](C)(C)C(C)(C)C. The van der Waals surface area contributed by atoms with E-state index in [2.05, 4.69) is 33.9 Å². The summed E-state index contributed by atoms with van der Waals surface area (Å²) in [7, 11) is -2.62. The summed E-state index contributed by atoms with van der Waals surface area (Å²) in [6.07, 6.45) is 1.16. The van der Waals surface area contributed by atoms with Crippen LogP contribution >= 0.6 is 7.82 Å². The standard InChI is InChI=1S/C22H44NO8PSi/c1-9-17-18(10-13-26-17)30-32(25,28-15-12-21(24)23(5)6)29-16-20-19(11-14-27-20)31-33(7,8)22(2,3)4/h17-20H,9-16H2,1-8H3/t17-,18-,19-,20-,32+/m1/s1. The summed E-state index contributed by atoms with van der Waals surface area (Å²) in [5.41, 5.74) is 0. The Bertz CT molecular complexity index is 684. The van der Waals surface area contributed by atoms with Gasteiger partial charge in [0, 0.05) is 33.7 Å². The number of hydrogen-bond acceptors (Lipinski definition) is 8. The van der Waals surface area contributed by atoms with Crippen molar-refractivity contribution < 1.29 is 36.8 Å². The molecule has 2 aliphatic heterocycles. The van der Waals surface area contributed by atoms with E-state index < -0.39 is 16.1 Å². The Kier molecular flexibility index (Phi) is 10.6. The maximum Gasteiger partial charge on any atom is 0.475 e. The number of phosphoric acid groups is 1. The van der Waals surface area contributed by atoms with Gasteiger partial charge in [-0.15, -0.1) is 0 Å². The van der Waals surface area contributed by atoms with E-state index in [0.717, 1.165) is 12.8 Å². The van der Waals surface area contributed by atoms with Gasteiger partial charge in [0.05, 0.1) is 37.9 Å². The van der Waals surface area contributed by atoms with E-state index in [1.54, 1.807) is 14.1 Å². The smallest absolute Gasteiger partial charge is 0.411 e. The van der Waals surface area contributed by atoms with E-state index in [9.17, 15) is 9.36 Å². The number of amides is 1.